The van der Waals surface area contributed by atoms with Gasteiger partial charge in [0.05, 0.1) is 0 Å². The van der Waals surface area contributed by atoms with Crippen LogP contribution in [0, 0.1) is 32.6 Å². The molecule has 0 fully saturated rings. The molecule has 2 aromatic rings. The Morgan fingerprint density at radius 3 is 2.02 bits per heavy atom. The van der Waals surface area contributed by atoms with Gasteiger partial charge in [0.25, 0.3) is 5.91 Å². The zero-order valence-electron chi connectivity index (χ0n) is 27.6. The van der Waals surface area contributed by atoms with E-state index in [2.05, 4.69) is 24.5 Å². The van der Waals surface area contributed by atoms with Crippen LogP contribution in [-0.4, -0.2) is 40.5 Å². The SMILES string of the molecule is Cc1ccc(C(C(=O)Nc2ccccc2C)N(C(=O)C(CC(C)C)NC(=O)OC(C)(C)C)C(C)CCC(C)C)cc1C. The van der Waals surface area contributed by atoms with E-state index in [1.807, 2.05) is 84.0 Å². The fourth-order valence-corrected chi connectivity index (χ4v) is 4.92. The fourth-order valence-electron chi connectivity index (χ4n) is 4.92. The summed E-state index contributed by atoms with van der Waals surface area (Å²) in [6.45, 7) is 21.7. The molecule has 2 rings (SSSR count). The summed E-state index contributed by atoms with van der Waals surface area (Å²) in [6.07, 6.45) is 1.36. The maximum atomic E-state index is 14.6. The summed E-state index contributed by atoms with van der Waals surface area (Å²) < 4.78 is 5.53. The second-order valence-corrected chi connectivity index (χ2v) is 13.4. The lowest BCUT2D eigenvalue weighted by Gasteiger charge is -2.39. The quantitative estimate of drug-likeness (QED) is 0.268. The second-order valence-electron chi connectivity index (χ2n) is 13.4. The number of hydrogen-bond donors (Lipinski definition) is 2. The molecule has 7 heteroatoms. The molecule has 232 valence electrons. The van der Waals surface area contributed by atoms with Crippen molar-refractivity contribution in [1.29, 1.82) is 0 Å². The number of aryl methyl sites for hydroxylation is 3. The summed E-state index contributed by atoms with van der Waals surface area (Å²) in [7, 11) is 0. The first-order valence-electron chi connectivity index (χ1n) is 15.3. The lowest BCUT2D eigenvalue weighted by molar-refractivity contribution is -0.144. The number of nitrogens with one attached hydrogen (secondary N) is 2. The maximum absolute atomic E-state index is 14.6. The zero-order chi connectivity index (χ0) is 31.8. The molecule has 2 aromatic carbocycles. The molecule has 3 unspecified atom stereocenters. The molecule has 2 N–H and O–H groups in total. The minimum absolute atomic E-state index is 0.113. The Labute approximate surface area is 253 Å². The molecule has 42 heavy (non-hydrogen) atoms. The van der Waals surface area contributed by atoms with Gasteiger partial charge >= 0.3 is 6.09 Å². The highest BCUT2D eigenvalue weighted by Gasteiger charge is 2.39. The minimum atomic E-state index is -0.909. The minimum Gasteiger partial charge on any atom is -0.444 e. The third kappa shape index (κ3) is 10.5. The summed E-state index contributed by atoms with van der Waals surface area (Å²) >= 11 is 0. The number of nitrogens with zero attached hydrogens (tertiary/aromatic N) is 1. The number of amides is 3. The summed E-state index contributed by atoms with van der Waals surface area (Å²) in [4.78, 5) is 43.5. The third-order valence-corrected chi connectivity index (χ3v) is 7.36. The van der Waals surface area contributed by atoms with E-state index in [9.17, 15) is 14.4 Å². The van der Waals surface area contributed by atoms with Gasteiger partial charge in [0.1, 0.15) is 17.7 Å². The summed E-state index contributed by atoms with van der Waals surface area (Å²) in [5.74, 6) is -0.0500. The van der Waals surface area contributed by atoms with Crippen LogP contribution < -0.4 is 10.6 Å². The van der Waals surface area contributed by atoms with E-state index in [0.29, 0.717) is 24.4 Å². The fraction of sp³-hybridized carbons (Fsp3) is 0.571. The highest BCUT2D eigenvalue weighted by atomic mass is 16.6. The number of alkyl carbamates (subject to hydrolysis) is 1. The van der Waals surface area contributed by atoms with Gasteiger partial charge in [-0.15, -0.1) is 0 Å². The normalized spacial score (nSPS) is 13.8. The summed E-state index contributed by atoms with van der Waals surface area (Å²) in [5.41, 5.74) is 3.79. The second kappa shape index (κ2) is 15.2. The molecule has 0 aromatic heterocycles. The molecule has 0 radical (unpaired) electrons. The predicted octanol–water partition coefficient (Wildman–Crippen LogP) is 7.88. The van der Waals surface area contributed by atoms with E-state index in [4.69, 9.17) is 4.74 Å². The van der Waals surface area contributed by atoms with Gasteiger partial charge in [-0.05, 0) is 108 Å². The van der Waals surface area contributed by atoms with E-state index in [-0.39, 0.29) is 23.8 Å². The van der Waals surface area contributed by atoms with Crippen LogP contribution in [0.1, 0.15) is 103 Å². The number of carbonyl (C=O) groups is 3. The van der Waals surface area contributed by atoms with Crippen LogP contribution in [0.25, 0.3) is 0 Å². The average molecular weight is 580 g/mol. The van der Waals surface area contributed by atoms with Crippen molar-refractivity contribution in [2.75, 3.05) is 5.32 Å². The van der Waals surface area contributed by atoms with Crippen molar-refractivity contribution in [3.8, 4) is 0 Å². The first kappa shape index (κ1) is 34.8. The molecule has 0 saturated carbocycles. The van der Waals surface area contributed by atoms with Crippen molar-refractivity contribution in [3.63, 3.8) is 0 Å². The van der Waals surface area contributed by atoms with E-state index in [0.717, 1.165) is 28.7 Å². The standard InChI is InChI=1S/C35H53N3O4/c1-22(2)16-18-27(8)38(33(40)30(20-23(3)4)37-34(41)42-35(9,10)11)31(28-19-17-24(5)26(7)21-28)32(39)36-29-15-13-12-14-25(29)6/h12-15,17,19,21-23,27,30-31H,16,18,20H2,1-11H3,(H,36,39)(H,37,41). The van der Waals surface area contributed by atoms with Crippen LogP contribution in [0.4, 0.5) is 10.5 Å². The van der Waals surface area contributed by atoms with Crippen molar-refractivity contribution >= 4 is 23.6 Å². The molecular weight excluding hydrogens is 526 g/mol. The smallest absolute Gasteiger partial charge is 0.408 e. The molecule has 0 aliphatic carbocycles. The van der Waals surface area contributed by atoms with Crippen molar-refractivity contribution in [3.05, 3.63) is 64.7 Å². The van der Waals surface area contributed by atoms with Gasteiger partial charge in [-0.2, -0.15) is 0 Å². The third-order valence-electron chi connectivity index (χ3n) is 7.36. The molecule has 3 atom stereocenters. The Bertz CT molecular complexity index is 1210. The first-order valence-corrected chi connectivity index (χ1v) is 15.3. The first-order chi connectivity index (χ1) is 19.5. The number of carbonyl (C=O) groups excluding carboxylic acids is 3. The molecule has 0 aliphatic heterocycles. The van der Waals surface area contributed by atoms with Crippen LogP contribution in [0.3, 0.4) is 0 Å². The Morgan fingerprint density at radius 1 is 0.833 bits per heavy atom. The Balaban J connectivity index is 2.68. The van der Waals surface area contributed by atoms with Gasteiger partial charge < -0.3 is 20.3 Å². The summed E-state index contributed by atoms with van der Waals surface area (Å²) in [5, 5.41) is 5.95. The van der Waals surface area contributed by atoms with Crippen molar-refractivity contribution in [2.24, 2.45) is 11.8 Å². The van der Waals surface area contributed by atoms with Crippen molar-refractivity contribution in [2.45, 2.75) is 119 Å². The van der Waals surface area contributed by atoms with Crippen molar-refractivity contribution < 1.29 is 19.1 Å². The van der Waals surface area contributed by atoms with Gasteiger partial charge in [-0.3, -0.25) is 9.59 Å². The Hall–Kier alpha value is -3.35. The zero-order valence-corrected chi connectivity index (χ0v) is 27.6. The molecule has 0 aliphatic rings. The molecule has 0 spiro atoms. The number of para-hydroxylation sites is 1. The number of anilines is 1. The van der Waals surface area contributed by atoms with Crippen LogP contribution in [-0.2, 0) is 14.3 Å². The number of benzene rings is 2. The molecule has 0 heterocycles. The van der Waals surface area contributed by atoms with E-state index < -0.39 is 23.8 Å². The predicted molar refractivity (Wildman–Crippen MR) is 171 cm³/mol. The van der Waals surface area contributed by atoms with Crippen LogP contribution >= 0.6 is 0 Å². The molecule has 0 saturated heterocycles. The maximum Gasteiger partial charge on any atom is 0.408 e. The number of ether oxygens (including phenoxy) is 1. The van der Waals surface area contributed by atoms with E-state index >= 15 is 0 Å². The van der Waals surface area contributed by atoms with E-state index in [1.54, 1.807) is 25.7 Å². The van der Waals surface area contributed by atoms with Crippen LogP contribution in [0.15, 0.2) is 42.5 Å². The van der Waals surface area contributed by atoms with Gasteiger partial charge in [-0.1, -0.05) is 64.1 Å². The highest BCUT2D eigenvalue weighted by Crippen LogP contribution is 2.31. The lowest BCUT2D eigenvalue weighted by Crippen LogP contribution is -2.55. The van der Waals surface area contributed by atoms with Crippen molar-refractivity contribution in [1.82, 2.24) is 10.2 Å². The molecular formula is C35H53N3O4. The Kier molecular flexibility index (Phi) is 12.6. The largest absolute Gasteiger partial charge is 0.444 e. The average Bonchev–Trinajstić information content (AvgIpc) is 2.86. The van der Waals surface area contributed by atoms with Gasteiger partial charge in [0, 0.05) is 11.7 Å². The lowest BCUT2D eigenvalue weighted by atomic mass is 9.94. The van der Waals surface area contributed by atoms with E-state index in [1.165, 1.54) is 0 Å². The number of hydrogen-bond acceptors (Lipinski definition) is 4. The van der Waals surface area contributed by atoms with Crippen LogP contribution in [0.5, 0.6) is 0 Å². The molecule has 7 nitrogen and oxygen atoms in total. The highest BCUT2D eigenvalue weighted by molar-refractivity contribution is 5.99. The Morgan fingerprint density at radius 2 is 1.48 bits per heavy atom. The van der Waals surface area contributed by atoms with Gasteiger partial charge in [0.2, 0.25) is 5.91 Å². The van der Waals surface area contributed by atoms with Crippen LogP contribution in [0.2, 0.25) is 0 Å². The molecule has 0 bridgehead atoms. The topological polar surface area (TPSA) is 87.7 Å². The van der Waals surface area contributed by atoms with Gasteiger partial charge in [-0.25, -0.2) is 4.79 Å². The van der Waals surface area contributed by atoms with Gasteiger partial charge in [0.15, 0.2) is 0 Å². The number of rotatable bonds is 12. The summed E-state index contributed by atoms with van der Waals surface area (Å²) in [6, 6.07) is 11.5. The molecule has 3 amide bonds. The monoisotopic (exact) mass is 579 g/mol.